The van der Waals surface area contributed by atoms with Gasteiger partial charge in [0.05, 0.1) is 12.0 Å². The summed E-state index contributed by atoms with van der Waals surface area (Å²) in [4.78, 5) is 11.3. The number of ether oxygens (including phenoxy) is 1. The average Bonchev–Trinajstić information content (AvgIpc) is 2.31. The second kappa shape index (κ2) is 5.51. The minimum atomic E-state index is -0.686. The number of anilines is 1. The van der Waals surface area contributed by atoms with Crippen molar-refractivity contribution in [3.05, 3.63) is 23.8 Å². The molecule has 4 heteroatoms. The van der Waals surface area contributed by atoms with Crippen molar-refractivity contribution in [2.75, 3.05) is 18.5 Å². The lowest BCUT2D eigenvalue weighted by molar-refractivity contribution is -0.153. The van der Waals surface area contributed by atoms with Gasteiger partial charge in [-0.05, 0) is 50.5 Å². The molecule has 0 atom stereocenters. The van der Waals surface area contributed by atoms with Crippen molar-refractivity contribution in [3.63, 3.8) is 0 Å². The van der Waals surface area contributed by atoms with Crippen LogP contribution in [-0.4, -0.2) is 24.2 Å². The van der Waals surface area contributed by atoms with E-state index in [4.69, 9.17) is 4.74 Å². The van der Waals surface area contributed by atoms with Crippen LogP contribution in [-0.2, 0) is 4.79 Å². The van der Waals surface area contributed by atoms with Crippen LogP contribution in [0.2, 0.25) is 0 Å². The Balaban J connectivity index is 2.00. The molecule has 1 fully saturated rings. The summed E-state index contributed by atoms with van der Waals surface area (Å²) in [5.74, 6) is 0.193. The Hall–Kier alpha value is -1.71. The van der Waals surface area contributed by atoms with E-state index in [-0.39, 0.29) is 0 Å². The van der Waals surface area contributed by atoms with Crippen molar-refractivity contribution >= 4 is 11.7 Å². The van der Waals surface area contributed by atoms with Crippen LogP contribution in [0.15, 0.2) is 18.2 Å². The Morgan fingerprint density at radius 3 is 2.68 bits per heavy atom. The van der Waals surface area contributed by atoms with E-state index in [2.05, 4.69) is 5.32 Å². The number of aryl methyl sites for hydroxylation is 1. The first-order valence-corrected chi connectivity index (χ1v) is 6.78. The van der Waals surface area contributed by atoms with Gasteiger partial charge in [-0.3, -0.25) is 4.79 Å². The van der Waals surface area contributed by atoms with Crippen molar-refractivity contribution in [1.29, 1.82) is 0 Å². The fraction of sp³-hybridized carbons (Fsp3) is 0.533. The van der Waals surface area contributed by atoms with Gasteiger partial charge in [0.15, 0.2) is 0 Å². The Morgan fingerprint density at radius 2 is 2.21 bits per heavy atom. The Bertz CT molecular complexity index is 466. The zero-order valence-electron chi connectivity index (χ0n) is 11.5. The number of hydrogen-bond acceptors (Lipinski definition) is 3. The highest BCUT2D eigenvalue weighted by Gasteiger charge is 2.44. The summed E-state index contributed by atoms with van der Waals surface area (Å²) in [6.45, 7) is 5.09. The van der Waals surface area contributed by atoms with Gasteiger partial charge in [-0.15, -0.1) is 0 Å². The van der Waals surface area contributed by atoms with Gasteiger partial charge in [0.2, 0.25) is 0 Å². The number of rotatable bonds is 6. The van der Waals surface area contributed by atoms with Crippen LogP contribution in [0.3, 0.4) is 0 Å². The molecule has 0 heterocycles. The molecule has 19 heavy (non-hydrogen) atoms. The molecule has 4 nitrogen and oxygen atoms in total. The molecule has 1 aliphatic carbocycles. The van der Waals surface area contributed by atoms with Crippen molar-refractivity contribution in [2.24, 2.45) is 5.41 Å². The molecule has 1 aliphatic rings. The molecule has 0 unspecified atom stereocenters. The van der Waals surface area contributed by atoms with E-state index in [0.29, 0.717) is 13.2 Å². The zero-order valence-corrected chi connectivity index (χ0v) is 11.5. The summed E-state index contributed by atoms with van der Waals surface area (Å²) < 4.78 is 5.49. The molecular formula is C15H21NO3. The maximum absolute atomic E-state index is 11.3. The van der Waals surface area contributed by atoms with Crippen LogP contribution in [0.5, 0.6) is 5.75 Å². The Kier molecular flexibility index (Phi) is 3.98. The van der Waals surface area contributed by atoms with Gasteiger partial charge in [-0.2, -0.15) is 0 Å². The molecule has 0 radical (unpaired) electrons. The first-order valence-electron chi connectivity index (χ1n) is 6.78. The largest absolute Gasteiger partial charge is 0.494 e. The number of carboxylic acid groups (broad SMARTS) is 1. The van der Waals surface area contributed by atoms with E-state index in [1.807, 2.05) is 32.0 Å². The third-order valence-electron chi connectivity index (χ3n) is 3.87. The fourth-order valence-electron chi connectivity index (χ4n) is 2.42. The van der Waals surface area contributed by atoms with Crippen LogP contribution in [0.1, 0.15) is 31.7 Å². The normalized spacial score (nSPS) is 16.5. The predicted octanol–water partition coefficient (Wildman–Crippen LogP) is 3.06. The molecular weight excluding hydrogens is 242 g/mol. The summed E-state index contributed by atoms with van der Waals surface area (Å²) >= 11 is 0. The number of carbonyl (C=O) groups is 1. The van der Waals surface area contributed by atoms with Crippen molar-refractivity contribution < 1.29 is 14.6 Å². The molecule has 2 rings (SSSR count). The Labute approximate surface area is 113 Å². The number of aliphatic carboxylic acids is 1. The molecule has 2 N–H and O–H groups in total. The molecule has 1 aromatic carbocycles. The lowest BCUT2D eigenvalue weighted by atomic mass is 9.69. The number of nitrogens with one attached hydrogen (secondary N) is 1. The lowest BCUT2D eigenvalue weighted by Crippen LogP contribution is -2.43. The number of benzene rings is 1. The van der Waals surface area contributed by atoms with Gasteiger partial charge < -0.3 is 15.2 Å². The van der Waals surface area contributed by atoms with Crippen molar-refractivity contribution in [1.82, 2.24) is 0 Å². The highest BCUT2D eigenvalue weighted by Crippen LogP contribution is 2.41. The van der Waals surface area contributed by atoms with Gasteiger partial charge in [-0.25, -0.2) is 0 Å². The van der Waals surface area contributed by atoms with Gasteiger partial charge in [0.25, 0.3) is 0 Å². The van der Waals surface area contributed by atoms with E-state index < -0.39 is 11.4 Å². The van der Waals surface area contributed by atoms with E-state index in [1.54, 1.807) is 0 Å². The quantitative estimate of drug-likeness (QED) is 0.828. The average molecular weight is 263 g/mol. The second-order valence-electron chi connectivity index (χ2n) is 5.21. The summed E-state index contributed by atoms with van der Waals surface area (Å²) in [6.07, 6.45) is 2.55. The zero-order chi connectivity index (χ0) is 13.9. The highest BCUT2D eigenvalue weighted by molar-refractivity contribution is 5.76. The predicted molar refractivity (Wildman–Crippen MR) is 74.8 cm³/mol. The summed E-state index contributed by atoms with van der Waals surface area (Å²) in [6, 6.07) is 5.86. The van der Waals surface area contributed by atoms with Crippen LogP contribution < -0.4 is 10.1 Å². The first-order chi connectivity index (χ1) is 9.07. The maximum Gasteiger partial charge on any atom is 0.311 e. The van der Waals surface area contributed by atoms with E-state index in [1.165, 1.54) is 0 Å². The number of carboxylic acids is 1. The molecule has 1 saturated carbocycles. The van der Waals surface area contributed by atoms with E-state index in [9.17, 15) is 9.90 Å². The summed E-state index contributed by atoms with van der Waals surface area (Å²) in [5.41, 5.74) is 1.45. The topological polar surface area (TPSA) is 58.6 Å². The lowest BCUT2D eigenvalue weighted by Gasteiger charge is -2.37. The molecule has 0 aromatic heterocycles. The van der Waals surface area contributed by atoms with Gasteiger partial charge in [0, 0.05) is 12.2 Å². The third kappa shape index (κ3) is 2.83. The van der Waals surface area contributed by atoms with E-state index in [0.717, 1.165) is 36.3 Å². The standard InChI is InChI=1S/C15H21NO3/c1-3-19-13-6-5-12(9-11(13)2)16-10-15(14(17)18)7-4-8-15/h5-6,9,16H,3-4,7-8,10H2,1-2H3,(H,17,18). The van der Waals surface area contributed by atoms with Crippen molar-refractivity contribution in [2.45, 2.75) is 33.1 Å². The molecule has 0 aliphatic heterocycles. The molecule has 104 valence electrons. The summed E-state index contributed by atoms with van der Waals surface area (Å²) in [7, 11) is 0. The minimum Gasteiger partial charge on any atom is -0.494 e. The van der Waals surface area contributed by atoms with Gasteiger partial charge in [0.1, 0.15) is 5.75 Å². The summed E-state index contributed by atoms with van der Waals surface area (Å²) in [5, 5.41) is 12.5. The molecule has 0 saturated heterocycles. The number of hydrogen-bond donors (Lipinski definition) is 2. The van der Waals surface area contributed by atoms with Crippen LogP contribution in [0.4, 0.5) is 5.69 Å². The van der Waals surface area contributed by atoms with E-state index >= 15 is 0 Å². The monoisotopic (exact) mass is 263 g/mol. The second-order valence-corrected chi connectivity index (χ2v) is 5.21. The van der Waals surface area contributed by atoms with Crippen molar-refractivity contribution in [3.8, 4) is 5.75 Å². The third-order valence-corrected chi connectivity index (χ3v) is 3.87. The molecule has 0 amide bonds. The molecule has 1 aromatic rings. The van der Waals surface area contributed by atoms with Gasteiger partial charge >= 0.3 is 5.97 Å². The highest BCUT2D eigenvalue weighted by atomic mass is 16.5. The molecule has 0 spiro atoms. The fourth-order valence-corrected chi connectivity index (χ4v) is 2.42. The van der Waals surface area contributed by atoms with Crippen LogP contribution in [0, 0.1) is 12.3 Å². The SMILES string of the molecule is CCOc1ccc(NCC2(C(=O)O)CCC2)cc1C. The minimum absolute atomic E-state index is 0.496. The molecule has 0 bridgehead atoms. The van der Waals surface area contributed by atoms with Crippen LogP contribution in [0.25, 0.3) is 0 Å². The first kappa shape index (κ1) is 13.7. The van der Waals surface area contributed by atoms with Gasteiger partial charge in [-0.1, -0.05) is 6.42 Å². The Morgan fingerprint density at radius 1 is 1.47 bits per heavy atom. The van der Waals surface area contributed by atoms with Crippen LogP contribution >= 0.6 is 0 Å². The maximum atomic E-state index is 11.3. The smallest absolute Gasteiger partial charge is 0.311 e.